The quantitative estimate of drug-likeness (QED) is 0.0394. The molecule has 2 heterocycles. The average Bonchev–Trinajstić information content (AvgIpc) is 3.36. The molecule has 0 aromatic heterocycles. The number of methoxy groups -OCH3 is 2. The highest BCUT2D eigenvalue weighted by molar-refractivity contribution is 9.11. The van der Waals surface area contributed by atoms with Gasteiger partial charge in [-0.05, 0) is 196 Å². The topological polar surface area (TPSA) is 197 Å². The van der Waals surface area contributed by atoms with E-state index in [1.807, 2.05) is 84.9 Å². The number of benzene rings is 6. The Hall–Kier alpha value is -5.20. The van der Waals surface area contributed by atoms with Gasteiger partial charge >= 0.3 is 11.9 Å². The molecule has 6 aromatic carbocycles. The van der Waals surface area contributed by atoms with E-state index in [2.05, 4.69) is 79.1 Å². The fourth-order valence-electron chi connectivity index (χ4n) is 8.74. The fraction of sp³-hybridized carbons (Fsp3) is 0.269. The monoisotopic (exact) mass is 1300 g/mol. The highest BCUT2D eigenvalue weighted by Gasteiger charge is 2.34. The van der Waals surface area contributed by atoms with Crippen molar-refractivity contribution in [1.82, 2.24) is 10.6 Å². The smallest absolute Gasteiger partial charge is 0.442 e. The maximum Gasteiger partial charge on any atom is 0.442 e. The average molecular weight is 1310 g/mol. The molecule has 3 N–H and O–H groups in total. The van der Waals surface area contributed by atoms with Gasteiger partial charge in [0.05, 0.1) is 44.1 Å². The molecule has 0 fully saturated rings. The highest BCUT2D eigenvalue weighted by Crippen LogP contribution is 2.42. The van der Waals surface area contributed by atoms with E-state index in [1.165, 1.54) is 0 Å². The van der Waals surface area contributed by atoms with Gasteiger partial charge in [0.2, 0.25) is 5.94 Å². The van der Waals surface area contributed by atoms with Gasteiger partial charge in [-0.25, -0.2) is 26.4 Å². The van der Waals surface area contributed by atoms with E-state index >= 15 is 0 Å². The third kappa shape index (κ3) is 13.6. The van der Waals surface area contributed by atoms with Crippen molar-refractivity contribution in [2.75, 3.05) is 48.7 Å². The van der Waals surface area contributed by atoms with Gasteiger partial charge in [0.25, 0.3) is 20.0 Å². The molecule has 0 radical (unpaired) electrons. The van der Waals surface area contributed by atoms with Crippen LogP contribution >= 0.6 is 63.7 Å². The third-order valence-corrected chi connectivity index (χ3v) is 16.3. The number of sulfonamides is 2. The number of anilines is 2. The number of hydrogen-bond acceptors (Lipinski definition) is 14. The summed E-state index contributed by atoms with van der Waals surface area (Å²) in [4.78, 5) is 32.4. The van der Waals surface area contributed by atoms with E-state index in [4.69, 9.17) is 28.5 Å². The van der Waals surface area contributed by atoms with E-state index in [-0.39, 0.29) is 52.6 Å². The van der Waals surface area contributed by atoms with E-state index in [0.717, 1.165) is 63.1 Å². The minimum absolute atomic E-state index is 0.0136. The summed E-state index contributed by atoms with van der Waals surface area (Å²) >= 11 is 14.3. The summed E-state index contributed by atoms with van der Waals surface area (Å²) in [7, 11) is -5.98. The molecule has 74 heavy (non-hydrogen) atoms. The van der Waals surface area contributed by atoms with Crippen molar-refractivity contribution < 1.29 is 54.9 Å². The summed E-state index contributed by atoms with van der Waals surface area (Å²) in [5.41, 5.74) is 6.61. The van der Waals surface area contributed by atoms with Gasteiger partial charge in [-0.2, -0.15) is 0 Å². The maximum absolute atomic E-state index is 13.9. The van der Waals surface area contributed by atoms with Crippen LogP contribution in [0.25, 0.3) is 0 Å². The van der Waals surface area contributed by atoms with Crippen LogP contribution in [-0.4, -0.2) is 68.3 Å². The lowest BCUT2D eigenvalue weighted by Gasteiger charge is -2.30. The molecule has 390 valence electrons. The lowest BCUT2D eigenvalue weighted by Crippen LogP contribution is -2.37. The second-order valence-electron chi connectivity index (χ2n) is 17.4. The fourth-order valence-corrected chi connectivity index (χ4v) is 13.5. The number of esters is 1. The summed E-state index contributed by atoms with van der Waals surface area (Å²) in [5.74, 6) is -3.41. The summed E-state index contributed by atoms with van der Waals surface area (Å²) in [6.45, 7) is 1.37. The van der Waals surface area contributed by atoms with Crippen molar-refractivity contribution in [3.05, 3.63) is 172 Å². The van der Waals surface area contributed by atoms with Crippen LogP contribution in [0.15, 0.2) is 127 Å². The van der Waals surface area contributed by atoms with Gasteiger partial charge in [0.1, 0.15) is 41.9 Å². The summed E-state index contributed by atoms with van der Waals surface area (Å²) in [5, 5.41) is 7.03. The van der Waals surface area contributed by atoms with Crippen LogP contribution < -0.4 is 38.8 Å². The molecule has 2 aliphatic rings. The molecular weight excluding hydrogens is 1260 g/mol. The first kappa shape index (κ1) is 55.0. The summed E-state index contributed by atoms with van der Waals surface area (Å²) < 4.78 is 89.2. The van der Waals surface area contributed by atoms with Gasteiger partial charge in [0.15, 0.2) is 0 Å². The van der Waals surface area contributed by atoms with Crippen molar-refractivity contribution in [3.63, 3.8) is 0 Å². The van der Waals surface area contributed by atoms with E-state index in [1.54, 1.807) is 38.5 Å². The van der Waals surface area contributed by atoms with Crippen molar-refractivity contribution in [2.24, 2.45) is 0 Å². The molecular formula is C52H50Br4N4O12S2. The predicted octanol–water partition coefficient (Wildman–Crippen LogP) is 9.94. The first-order valence-electron chi connectivity index (χ1n) is 23.0. The van der Waals surface area contributed by atoms with Crippen LogP contribution in [0.1, 0.15) is 56.6 Å². The minimum atomic E-state index is -4.59. The van der Waals surface area contributed by atoms with E-state index in [9.17, 15) is 26.4 Å². The minimum Gasteiger partial charge on any atom is -0.494 e. The molecule has 0 saturated heterocycles. The van der Waals surface area contributed by atoms with Gasteiger partial charge in [-0.15, -0.1) is 0 Å². The molecule has 16 nitrogen and oxygen atoms in total. The Morgan fingerprint density at radius 1 is 0.622 bits per heavy atom. The normalized spacial score (nSPS) is 15.2. The molecule has 0 amide bonds. The third-order valence-electron chi connectivity index (χ3n) is 12.1. The molecule has 8 rings (SSSR count). The highest BCUT2D eigenvalue weighted by atomic mass is 79.9. The van der Waals surface area contributed by atoms with Crippen LogP contribution in [0, 0.1) is 0 Å². The lowest BCUT2D eigenvalue weighted by atomic mass is 9.89. The standard InChI is InChI=1S/C52H50Br4N4O12S2/c1-67-49-39(53)18-33(19-40(49)54)22-43-37-26-45(47(24-35(37)14-16-57-43)69-28-31-10-6-4-7-11-31)59-74(65,66)30-71-51(61)52(62)72-60(73(3,63)64)46-27-38-36(25-48(46)70-29-32-12-8-5-9-13-32)15-17-58-44(38)23-34-20-41(55)50(68-2)42(56)21-34/h4-13,18-21,24-27,43-44,57-59H,14-17,22-23,28-30H2,1-3H3. The lowest BCUT2D eigenvalue weighted by molar-refractivity contribution is -0.166. The zero-order valence-electron chi connectivity index (χ0n) is 40.1. The zero-order chi connectivity index (χ0) is 52.7. The zero-order valence-corrected chi connectivity index (χ0v) is 48.1. The summed E-state index contributed by atoms with van der Waals surface area (Å²) in [6, 6.07) is 32.4. The molecule has 2 atom stereocenters. The van der Waals surface area contributed by atoms with Gasteiger partial charge < -0.3 is 39.2 Å². The number of rotatable bonds is 19. The SMILES string of the molecule is COc1c(Br)cc(CC2NCCc3cc(OCc4ccccc4)c(NS(=O)(=O)COC(=O)C(=O)ON(c4cc5c(cc4OCc4ccccc4)CCNC5Cc4cc(Br)c(OC)c(Br)c4)S(C)(=O)=O)cc32)cc1Br. The molecule has 2 aliphatic heterocycles. The second kappa shape index (κ2) is 24.2. The first-order valence-corrected chi connectivity index (χ1v) is 29.6. The number of ether oxygens (including phenoxy) is 5. The summed E-state index contributed by atoms with van der Waals surface area (Å²) in [6.07, 6.45) is 2.95. The number of carbonyl (C=O) groups excluding carboxylic acids is 2. The van der Waals surface area contributed by atoms with Gasteiger partial charge in [0, 0.05) is 12.1 Å². The number of hydrogen-bond donors (Lipinski definition) is 3. The Morgan fingerprint density at radius 2 is 1.08 bits per heavy atom. The number of halogens is 4. The van der Waals surface area contributed by atoms with Crippen molar-refractivity contribution in [1.29, 1.82) is 0 Å². The van der Waals surface area contributed by atoms with Crippen LogP contribution in [0.5, 0.6) is 23.0 Å². The molecule has 0 saturated carbocycles. The second-order valence-corrected chi connectivity index (χ2v) is 24.2. The first-order chi connectivity index (χ1) is 35.4. The Balaban J connectivity index is 1.04. The maximum atomic E-state index is 13.9. The van der Waals surface area contributed by atoms with Crippen molar-refractivity contribution in [2.45, 2.75) is 51.0 Å². The molecule has 0 bridgehead atoms. The molecule has 6 aromatic rings. The van der Waals surface area contributed by atoms with Crippen molar-refractivity contribution in [3.8, 4) is 23.0 Å². The Kier molecular flexibility index (Phi) is 18.0. The van der Waals surface area contributed by atoms with Crippen molar-refractivity contribution >= 4 is 107 Å². The molecule has 2 unspecified atom stereocenters. The number of nitrogens with one attached hydrogen (secondary N) is 3. The number of carbonyl (C=O) groups is 2. The Morgan fingerprint density at radius 3 is 1.55 bits per heavy atom. The molecule has 22 heteroatoms. The van der Waals surface area contributed by atoms with Crippen LogP contribution in [-0.2, 0) is 78.1 Å². The number of fused-ring (bicyclic) bond motifs is 2. The number of nitrogens with zero attached hydrogens (tertiary/aromatic N) is 1. The Labute approximate surface area is 463 Å². The van der Waals surface area contributed by atoms with E-state index in [0.29, 0.717) is 55.8 Å². The van der Waals surface area contributed by atoms with Crippen LogP contribution in [0.2, 0.25) is 0 Å². The van der Waals surface area contributed by atoms with E-state index < -0.39 is 37.9 Å². The van der Waals surface area contributed by atoms with Gasteiger partial charge in [-0.1, -0.05) is 65.1 Å². The Bertz CT molecular complexity index is 3240. The van der Waals surface area contributed by atoms with Crippen LogP contribution in [0.3, 0.4) is 0 Å². The molecule has 0 aliphatic carbocycles. The van der Waals surface area contributed by atoms with Gasteiger partial charge in [-0.3, -0.25) is 4.72 Å². The predicted molar refractivity (Wildman–Crippen MR) is 294 cm³/mol. The molecule has 0 spiro atoms. The van der Waals surface area contributed by atoms with Crippen LogP contribution in [0.4, 0.5) is 11.4 Å². The largest absolute Gasteiger partial charge is 0.494 e.